The van der Waals surface area contributed by atoms with Gasteiger partial charge in [-0.1, -0.05) is 6.07 Å². The highest BCUT2D eigenvalue weighted by molar-refractivity contribution is 5.92. The molecule has 0 heterocycles. The molecule has 0 aliphatic heterocycles. The number of nitrogens with two attached hydrogens (primary N) is 1. The molecule has 0 fully saturated rings. The van der Waals surface area contributed by atoms with Crippen molar-refractivity contribution in [2.75, 3.05) is 25.0 Å². The Bertz CT molecular complexity index is 725. The lowest BCUT2D eigenvalue weighted by Gasteiger charge is -2.10. The molecular formula is C15H16F9N3O5. The highest BCUT2D eigenvalue weighted by atomic mass is 19.4. The second-order valence-electron chi connectivity index (χ2n) is 5.20. The van der Waals surface area contributed by atoms with E-state index in [0.717, 1.165) is 12.1 Å². The van der Waals surface area contributed by atoms with Gasteiger partial charge in [0.1, 0.15) is 0 Å². The number of nitrogens with one attached hydrogen (secondary N) is 2. The van der Waals surface area contributed by atoms with Crippen molar-refractivity contribution in [3.8, 4) is 0 Å². The zero-order valence-electron chi connectivity index (χ0n) is 15.5. The van der Waals surface area contributed by atoms with Crippen molar-refractivity contribution in [1.82, 2.24) is 5.32 Å². The first-order valence-corrected chi connectivity index (χ1v) is 7.80. The van der Waals surface area contributed by atoms with Gasteiger partial charge < -0.3 is 26.6 Å². The lowest BCUT2D eigenvalue weighted by molar-refractivity contribution is -0.193. The van der Waals surface area contributed by atoms with Gasteiger partial charge in [0.05, 0.1) is 12.1 Å². The van der Waals surface area contributed by atoms with Crippen molar-refractivity contribution < 1.29 is 64.1 Å². The van der Waals surface area contributed by atoms with E-state index >= 15 is 0 Å². The van der Waals surface area contributed by atoms with E-state index in [1.165, 1.54) is 12.1 Å². The Morgan fingerprint density at radius 2 is 1.31 bits per heavy atom. The van der Waals surface area contributed by atoms with E-state index < -0.39 is 41.9 Å². The number of halogens is 9. The van der Waals surface area contributed by atoms with E-state index in [1.807, 2.05) is 0 Å². The van der Waals surface area contributed by atoms with Gasteiger partial charge >= 0.3 is 30.5 Å². The van der Waals surface area contributed by atoms with E-state index in [2.05, 4.69) is 10.6 Å². The first-order valence-electron chi connectivity index (χ1n) is 7.80. The standard InChI is InChI=1S/C11H14F3N3O.2C2HF3O2/c12-11(13,14)8-2-1-3-9(6-8)17-10(18)7-16-5-4-15;2*3-2(4,5)1(6)7/h1-3,6,16H,4-5,7,15H2,(H,17,18);2*(H,6,7). The molecule has 0 saturated carbocycles. The normalized spacial score (nSPS) is 11.3. The summed E-state index contributed by atoms with van der Waals surface area (Å²) in [5, 5.41) is 19.4. The number of rotatable bonds is 5. The number of carboxylic acids is 2. The third kappa shape index (κ3) is 15.7. The van der Waals surface area contributed by atoms with Crippen LogP contribution in [0.1, 0.15) is 5.56 Å². The molecule has 6 N–H and O–H groups in total. The van der Waals surface area contributed by atoms with Crippen LogP contribution < -0.4 is 16.4 Å². The number of benzene rings is 1. The van der Waals surface area contributed by atoms with E-state index in [4.69, 9.17) is 25.5 Å². The Morgan fingerprint density at radius 1 is 0.875 bits per heavy atom. The summed E-state index contributed by atoms with van der Waals surface area (Å²) in [6, 6.07) is 4.48. The van der Waals surface area contributed by atoms with Gasteiger partial charge in [0, 0.05) is 18.8 Å². The molecule has 1 aromatic carbocycles. The number of carbonyl (C=O) groups excluding carboxylic acids is 1. The van der Waals surface area contributed by atoms with Crippen molar-refractivity contribution in [3.05, 3.63) is 29.8 Å². The van der Waals surface area contributed by atoms with Crippen LogP contribution in [0.15, 0.2) is 24.3 Å². The summed E-state index contributed by atoms with van der Waals surface area (Å²) < 4.78 is 101. The van der Waals surface area contributed by atoms with Gasteiger partial charge in [-0.2, -0.15) is 39.5 Å². The molecule has 0 aliphatic carbocycles. The molecule has 1 aromatic rings. The predicted octanol–water partition coefficient (Wildman–Crippen LogP) is 2.46. The topological polar surface area (TPSA) is 142 Å². The second kappa shape index (κ2) is 13.4. The van der Waals surface area contributed by atoms with Crippen LogP contribution in [0.4, 0.5) is 45.2 Å². The third-order valence-corrected chi connectivity index (χ3v) is 2.57. The van der Waals surface area contributed by atoms with E-state index in [-0.39, 0.29) is 12.2 Å². The van der Waals surface area contributed by atoms with E-state index in [9.17, 15) is 44.3 Å². The number of amides is 1. The van der Waals surface area contributed by atoms with Crippen molar-refractivity contribution in [1.29, 1.82) is 0 Å². The zero-order valence-corrected chi connectivity index (χ0v) is 15.5. The van der Waals surface area contributed by atoms with Crippen LogP contribution in [0, 0.1) is 0 Å². The van der Waals surface area contributed by atoms with Crippen LogP contribution in [-0.2, 0) is 20.6 Å². The third-order valence-electron chi connectivity index (χ3n) is 2.57. The van der Waals surface area contributed by atoms with Crippen molar-refractivity contribution in [2.45, 2.75) is 18.5 Å². The molecule has 8 nitrogen and oxygen atoms in total. The highest BCUT2D eigenvalue weighted by Gasteiger charge is 2.38. The molecule has 0 saturated heterocycles. The first kappa shape index (κ1) is 31.1. The number of aliphatic carboxylic acids is 2. The average molecular weight is 489 g/mol. The van der Waals surface area contributed by atoms with Crippen molar-refractivity contribution in [3.63, 3.8) is 0 Å². The fourth-order valence-corrected chi connectivity index (χ4v) is 1.28. The molecule has 0 radical (unpaired) electrons. The maximum atomic E-state index is 12.4. The molecule has 1 amide bonds. The largest absolute Gasteiger partial charge is 0.490 e. The maximum Gasteiger partial charge on any atom is 0.490 e. The van der Waals surface area contributed by atoms with Crippen LogP contribution in [0.2, 0.25) is 0 Å². The number of alkyl halides is 9. The van der Waals surface area contributed by atoms with Crippen LogP contribution in [0.5, 0.6) is 0 Å². The lowest BCUT2D eigenvalue weighted by Crippen LogP contribution is -2.31. The predicted molar refractivity (Wildman–Crippen MR) is 89.4 cm³/mol. The van der Waals surface area contributed by atoms with Crippen molar-refractivity contribution >= 4 is 23.5 Å². The molecule has 32 heavy (non-hydrogen) atoms. The van der Waals surface area contributed by atoms with Gasteiger partial charge in [-0.25, -0.2) is 9.59 Å². The Morgan fingerprint density at radius 3 is 1.66 bits per heavy atom. The van der Waals surface area contributed by atoms with Gasteiger partial charge in [-0.05, 0) is 18.2 Å². The van der Waals surface area contributed by atoms with E-state index in [0.29, 0.717) is 13.1 Å². The average Bonchev–Trinajstić information content (AvgIpc) is 2.61. The van der Waals surface area contributed by atoms with Crippen LogP contribution >= 0.6 is 0 Å². The van der Waals surface area contributed by atoms with Gasteiger partial charge in [0.2, 0.25) is 5.91 Å². The summed E-state index contributed by atoms with van der Waals surface area (Å²) in [5.41, 5.74) is 4.53. The van der Waals surface area contributed by atoms with Gasteiger partial charge in [0.25, 0.3) is 0 Å². The second-order valence-corrected chi connectivity index (χ2v) is 5.20. The van der Waals surface area contributed by atoms with Gasteiger partial charge in [0.15, 0.2) is 0 Å². The van der Waals surface area contributed by atoms with Crippen LogP contribution in [-0.4, -0.2) is 60.0 Å². The molecule has 0 aliphatic rings. The number of anilines is 1. The Kier molecular flexibility index (Phi) is 13.0. The molecule has 1 rings (SSSR count). The Labute approximate surface area is 173 Å². The Balaban J connectivity index is 0. The molecule has 0 atom stereocenters. The monoisotopic (exact) mass is 489 g/mol. The number of hydrogen-bond donors (Lipinski definition) is 5. The quantitative estimate of drug-likeness (QED) is 0.316. The van der Waals surface area contributed by atoms with E-state index in [1.54, 1.807) is 0 Å². The SMILES string of the molecule is NCCNCC(=O)Nc1cccc(C(F)(F)F)c1.O=C(O)C(F)(F)F.O=C(O)C(F)(F)F. The summed E-state index contributed by atoms with van der Waals surface area (Å²) in [5.74, 6) is -5.93. The highest BCUT2D eigenvalue weighted by Crippen LogP contribution is 2.30. The maximum absolute atomic E-state index is 12.4. The minimum atomic E-state index is -5.08. The minimum absolute atomic E-state index is 0.00739. The first-order chi connectivity index (χ1) is 14.3. The minimum Gasteiger partial charge on any atom is -0.475 e. The molecule has 184 valence electrons. The summed E-state index contributed by atoms with van der Waals surface area (Å²) in [6.07, 6.45) is -14.6. The summed E-state index contributed by atoms with van der Waals surface area (Å²) in [6.45, 7) is 0.861. The van der Waals surface area contributed by atoms with Gasteiger partial charge in [-0.15, -0.1) is 0 Å². The van der Waals surface area contributed by atoms with Crippen LogP contribution in [0.25, 0.3) is 0 Å². The van der Waals surface area contributed by atoms with Gasteiger partial charge in [-0.3, -0.25) is 4.79 Å². The fourth-order valence-electron chi connectivity index (χ4n) is 1.28. The number of carboxylic acid groups (broad SMARTS) is 2. The molecule has 0 unspecified atom stereocenters. The summed E-state index contributed by atoms with van der Waals surface area (Å²) in [4.78, 5) is 29.1. The lowest BCUT2D eigenvalue weighted by atomic mass is 10.2. The fraction of sp³-hybridized carbons (Fsp3) is 0.400. The van der Waals surface area contributed by atoms with Crippen LogP contribution in [0.3, 0.4) is 0 Å². The molecule has 0 aromatic heterocycles. The molecule has 0 spiro atoms. The number of carbonyl (C=O) groups is 3. The smallest absolute Gasteiger partial charge is 0.475 e. The number of hydrogen-bond acceptors (Lipinski definition) is 5. The summed E-state index contributed by atoms with van der Waals surface area (Å²) in [7, 11) is 0. The molecule has 17 heteroatoms. The summed E-state index contributed by atoms with van der Waals surface area (Å²) >= 11 is 0. The molecule has 0 bridgehead atoms. The Hall–Kier alpha value is -3.08. The van der Waals surface area contributed by atoms with Crippen molar-refractivity contribution in [2.24, 2.45) is 5.73 Å². The zero-order chi connectivity index (χ0) is 25.8. The molecular weight excluding hydrogens is 473 g/mol.